The van der Waals surface area contributed by atoms with Gasteiger partial charge in [0, 0.05) is 13.1 Å². The second-order valence-corrected chi connectivity index (χ2v) is 4.13. The topological polar surface area (TPSA) is 66.3 Å². The van der Waals surface area contributed by atoms with Gasteiger partial charge in [-0.3, -0.25) is 0 Å². The Balaban J connectivity index is 2.47. The molecule has 5 nitrogen and oxygen atoms in total. The summed E-state index contributed by atoms with van der Waals surface area (Å²) in [6.07, 6.45) is 2.17. The molecule has 2 heterocycles. The van der Waals surface area contributed by atoms with Crippen LogP contribution in [0.2, 0.25) is 5.02 Å². The molecule has 2 rings (SSSR count). The minimum absolute atomic E-state index is 0.115. The fourth-order valence-corrected chi connectivity index (χ4v) is 2.11. The van der Waals surface area contributed by atoms with Crippen LogP contribution in [0.3, 0.4) is 0 Å². The van der Waals surface area contributed by atoms with Gasteiger partial charge in [-0.05, 0) is 19.8 Å². The lowest BCUT2D eigenvalue weighted by atomic mass is 10.3. The average molecular weight is 242 g/mol. The maximum atomic E-state index is 10.9. The first-order valence-corrected chi connectivity index (χ1v) is 5.50. The zero-order valence-electron chi connectivity index (χ0n) is 8.90. The number of carboxylic acids is 1. The first-order valence-electron chi connectivity index (χ1n) is 5.12. The highest BCUT2D eigenvalue weighted by atomic mass is 35.5. The molecule has 1 aliphatic rings. The molecule has 1 saturated heterocycles. The van der Waals surface area contributed by atoms with E-state index in [1.807, 2.05) is 4.90 Å². The van der Waals surface area contributed by atoms with Crippen molar-refractivity contribution in [2.75, 3.05) is 18.0 Å². The number of aromatic carboxylic acids is 1. The van der Waals surface area contributed by atoms with Gasteiger partial charge in [0.1, 0.15) is 10.8 Å². The molecule has 1 aromatic rings. The Morgan fingerprint density at radius 3 is 2.56 bits per heavy atom. The number of aromatic nitrogens is 2. The Morgan fingerprint density at radius 2 is 2.00 bits per heavy atom. The van der Waals surface area contributed by atoms with Gasteiger partial charge >= 0.3 is 5.97 Å². The number of carbonyl (C=O) groups is 1. The molecule has 1 fully saturated rings. The van der Waals surface area contributed by atoms with Crippen molar-refractivity contribution < 1.29 is 9.90 Å². The summed E-state index contributed by atoms with van der Waals surface area (Å²) >= 11 is 6.01. The smallest absolute Gasteiger partial charge is 0.356 e. The van der Waals surface area contributed by atoms with Crippen LogP contribution in [0, 0.1) is 6.92 Å². The van der Waals surface area contributed by atoms with Crippen molar-refractivity contribution in [1.29, 1.82) is 0 Å². The molecule has 16 heavy (non-hydrogen) atoms. The summed E-state index contributed by atoms with van der Waals surface area (Å²) in [5.74, 6) is -0.135. The van der Waals surface area contributed by atoms with Crippen LogP contribution in [0.25, 0.3) is 0 Å². The summed E-state index contributed by atoms with van der Waals surface area (Å²) in [5.41, 5.74) is -0.115. The molecule has 0 saturated carbocycles. The molecule has 86 valence electrons. The van der Waals surface area contributed by atoms with E-state index in [1.54, 1.807) is 6.92 Å². The van der Waals surface area contributed by atoms with Crippen molar-refractivity contribution in [2.45, 2.75) is 19.8 Å². The number of nitrogens with zero attached hydrogens (tertiary/aromatic N) is 3. The Kier molecular flexibility index (Phi) is 2.96. The molecule has 6 heteroatoms. The zero-order chi connectivity index (χ0) is 11.7. The summed E-state index contributed by atoms with van der Waals surface area (Å²) < 4.78 is 0. The van der Waals surface area contributed by atoms with E-state index in [-0.39, 0.29) is 10.7 Å². The number of hydrogen-bond acceptors (Lipinski definition) is 4. The van der Waals surface area contributed by atoms with E-state index in [1.165, 1.54) is 0 Å². The van der Waals surface area contributed by atoms with Crippen LogP contribution < -0.4 is 4.90 Å². The average Bonchev–Trinajstić information content (AvgIpc) is 2.73. The van der Waals surface area contributed by atoms with Crippen LogP contribution in [0.5, 0.6) is 0 Å². The Morgan fingerprint density at radius 1 is 1.38 bits per heavy atom. The number of halogens is 1. The highest BCUT2D eigenvalue weighted by Gasteiger charge is 2.22. The SMILES string of the molecule is Cc1nc(C(=O)O)c(Cl)c(N2CCCC2)n1. The number of aryl methyl sites for hydroxylation is 1. The van der Waals surface area contributed by atoms with Gasteiger partial charge in [-0.1, -0.05) is 11.6 Å². The number of carboxylic acid groups (broad SMARTS) is 1. The number of hydrogen-bond donors (Lipinski definition) is 1. The monoisotopic (exact) mass is 241 g/mol. The van der Waals surface area contributed by atoms with Gasteiger partial charge in [0.15, 0.2) is 11.5 Å². The Labute approximate surface area is 98.1 Å². The largest absolute Gasteiger partial charge is 0.476 e. The van der Waals surface area contributed by atoms with Gasteiger partial charge in [-0.25, -0.2) is 14.8 Å². The molecule has 0 atom stereocenters. The molecule has 0 bridgehead atoms. The van der Waals surface area contributed by atoms with Crippen molar-refractivity contribution in [1.82, 2.24) is 9.97 Å². The predicted molar refractivity (Wildman–Crippen MR) is 60.2 cm³/mol. The normalized spacial score (nSPS) is 15.5. The van der Waals surface area contributed by atoms with E-state index in [2.05, 4.69) is 9.97 Å². The van der Waals surface area contributed by atoms with Gasteiger partial charge in [0.05, 0.1) is 0 Å². The predicted octanol–water partition coefficient (Wildman–Crippen LogP) is 1.74. The quantitative estimate of drug-likeness (QED) is 0.854. The van der Waals surface area contributed by atoms with Gasteiger partial charge in [-0.2, -0.15) is 0 Å². The highest BCUT2D eigenvalue weighted by molar-refractivity contribution is 6.35. The van der Waals surface area contributed by atoms with E-state index in [4.69, 9.17) is 16.7 Å². The third-order valence-electron chi connectivity index (χ3n) is 2.55. The van der Waals surface area contributed by atoms with Gasteiger partial charge in [0.25, 0.3) is 0 Å². The molecule has 1 aliphatic heterocycles. The van der Waals surface area contributed by atoms with Crippen molar-refractivity contribution in [3.8, 4) is 0 Å². The Bertz CT molecular complexity index is 430. The maximum absolute atomic E-state index is 10.9. The van der Waals surface area contributed by atoms with Crippen molar-refractivity contribution in [3.05, 3.63) is 16.5 Å². The van der Waals surface area contributed by atoms with Gasteiger partial charge in [0.2, 0.25) is 0 Å². The third kappa shape index (κ3) is 1.95. The van der Waals surface area contributed by atoms with E-state index in [9.17, 15) is 4.79 Å². The first-order chi connectivity index (χ1) is 7.59. The van der Waals surface area contributed by atoms with E-state index >= 15 is 0 Å². The van der Waals surface area contributed by atoms with Crippen LogP contribution in [0.15, 0.2) is 0 Å². The summed E-state index contributed by atoms with van der Waals surface area (Å²) in [6, 6.07) is 0. The van der Waals surface area contributed by atoms with E-state index in [0.29, 0.717) is 11.6 Å². The minimum atomic E-state index is -1.11. The summed E-state index contributed by atoms with van der Waals surface area (Å²) in [4.78, 5) is 21.0. The van der Waals surface area contributed by atoms with Crippen LogP contribution >= 0.6 is 11.6 Å². The molecule has 0 aliphatic carbocycles. The van der Waals surface area contributed by atoms with Crippen molar-refractivity contribution in [3.63, 3.8) is 0 Å². The molecule has 0 unspecified atom stereocenters. The van der Waals surface area contributed by atoms with Crippen molar-refractivity contribution >= 4 is 23.4 Å². The summed E-state index contributed by atoms with van der Waals surface area (Å²) in [7, 11) is 0. The van der Waals surface area contributed by atoms with E-state index < -0.39 is 5.97 Å². The molecule has 1 N–H and O–H groups in total. The standard InChI is InChI=1S/C10H12ClN3O2/c1-6-12-8(10(15)16)7(11)9(13-6)14-4-2-3-5-14/h2-5H2,1H3,(H,15,16). The lowest BCUT2D eigenvalue weighted by Gasteiger charge is -2.18. The maximum Gasteiger partial charge on any atom is 0.356 e. The number of rotatable bonds is 2. The molecule has 0 aromatic carbocycles. The fraction of sp³-hybridized carbons (Fsp3) is 0.500. The van der Waals surface area contributed by atoms with Crippen LogP contribution in [-0.4, -0.2) is 34.1 Å². The molecule has 0 amide bonds. The number of anilines is 1. The first kappa shape index (κ1) is 11.1. The molecular weight excluding hydrogens is 230 g/mol. The van der Waals surface area contributed by atoms with Crippen LogP contribution in [-0.2, 0) is 0 Å². The van der Waals surface area contributed by atoms with Crippen LogP contribution in [0.1, 0.15) is 29.2 Å². The summed E-state index contributed by atoms with van der Waals surface area (Å²) in [6.45, 7) is 3.41. The Hall–Kier alpha value is -1.36. The van der Waals surface area contributed by atoms with Crippen molar-refractivity contribution in [2.24, 2.45) is 0 Å². The third-order valence-corrected chi connectivity index (χ3v) is 2.90. The molecular formula is C10H12ClN3O2. The lowest BCUT2D eigenvalue weighted by molar-refractivity contribution is 0.0690. The van der Waals surface area contributed by atoms with Gasteiger partial charge in [-0.15, -0.1) is 0 Å². The van der Waals surface area contributed by atoms with Gasteiger partial charge < -0.3 is 10.0 Å². The van der Waals surface area contributed by atoms with E-state index in [0.717, 1.165) is 25.9 Å². The zero-order valence-corrected chi connectivity index (χ0v) is 9.66. The molecule has 1 aromatic heterocycles. The summed E-state index contributed by atoms with van der Waals surface area (Å²) in [5, 5.41) is 9.10. The highest BCUT2D eigenvalue weighted by Crippen LogP contribution is 2.28. The second kappa shape index (κ2) is 4.25. The molecule has 0 radical (unpaired) electrons. The van der Waals surface area contributed by atoms with Crippen LogP contribution in [0.4, 0.5) is 5.82 Å². The minimum Gasteiger partial charge on any atom is -0.476 e. The lowest BCUT2D eigenvalue weighted by Crippen LogP contribution is -2.21. The fourth-order valence-electron chi connectivity index (χ4n) is 1.82. The second-order valence-electron chi connectivity index (χ2n) is 3.76. The molecule has 0 spiro atoms.